The van der Waals surface area contributed by atoms with Gasteiger partial charge in [0.25, 0.3) is 0 Å². The van der Waals surface area contributed by atoms with Gasteiger partial charge < -0.3 is 0 Å². The van der Waals surface area contributed by atoms with Crippen LogP contribution in [-0.4, -0.2) is 8.07 Å². The second-order valence-corrected chi connectivity index (χ2v) is 12.0. The van der Waals surface area contributed by atoms with E-state index in [9.17, 15) is 0 Å². The van der Waals surface area contributed by atoms with Gasteiger partial charge in [0.2, 0.25) is 0 Å². The van der Waals surface area contributed by atoms with Gasteiger partial charge in [-0.05, 0) is 55.6 Å². The van der Waals surface area contributed by atoms with Crippen molar-refractivity contribution in [2.75, 3.05) is 0 Å². The van der Waals surface area contributed by atoms with Gasteiger partial charge in [0.1, 0.15) is 0 Å². The molecule has 30 heavy (non-hydrogen) atoms. The molecule has 0 spiro atoms. The van der Waals surface area contributed by atoms with Crippen molar-refractivity contribution < 1.29 is 0 Å². The molecule has 0 aliphatic carbocycles. The van der Waals surface area contributed by atoms with Gasteiger partial charge in [-0.3, -0.25) is 0 Å². The number of hydrogen-bond donors (Lipinski definition) is 0. The predicted molar refractivity (Wildman–Crippen MR) is 131 cm³/mol. The van der Waals surface area contributed by atoms with Gasteiger partial charge in [0, 0.05) is 0 Å². The van der Waals surface area contributed by atoms with Crippen LogP contribution in [0, 0.1) is 6.92 Å². The molecule has 0 bridgehead atoms. The van der Waals surface area contributed by atoms with E-state index in [4.69, 9.17) is 0 Å². The van der Waals surface area contributed by atoms with Gasteiger partial charge >= 0.3 is 0 Å². The number of fused-ring (bicyclic) bond motifs is 4. The quantitative estimate of drug-likeness (QED) is 0.377. The fraction of sp³-hybridized carbons (Fsp3) is 0.0345. The number of rotatable bonds is 2. The molecule has 5 aromatic rings. The lowest BCUT2D eigenvalue weighted by Gasteiger charge is -2.31. The molecule has 0 N–H and O–H groups in total. The first kappa shape index (κ1) is 17.4. The SMILES string of the molecule is Cc1ccc2cc3c(cc2c1)-c1ccccc1[Si]3(c1ccccc1)c1ccccc1. The minimum atomic E-state index is -2.36. The Morgan fingerprint density at radius 3 is 1.80 bits per heavy atom. The summed E-state index contributed by atoms with van der Waals surface area (Å²) in [6.45, 7) is 2.17. The molecule has 0 radical (unpaired) electrons. The smallest absolute Gasteiger partial charge is 0.0623 e. The van der Waals surface area contributed by atoms with Crippen molar-refractivity contribution in [3.63, 3.8) is 0 Å². The maximum absolute atomic E-state index is 2.48. The van der Waals surface area contributed by atoms with E-state index in [0.29, 0.717) is 0 Å². The lowest BCUT2D eigenvalue weighted by molar-refractivity contribution is 1.51. The van der Waals surface area contributed by atoms with Crippen molar-refractivity contribution in [3.05, 3.63) is 121 Å². The number of aryl methyl sites for hydroxylation is 1. The molecule has 0 atom stereocenters. The van der Waals surface area contributed by atoms with Crippen LogP contribution in [0.2, 0.25) is 0 Å². The van der Waals surface area contributed by atoms with Crippen LogP contribution >= 0.6 is 0 Å². The molecular formula is C29H22Si. The van der Waals surface area contributed by atoms with E-state index >= 15 is 0 Å². The first-order valence-corrected chi connectivity index (χ1v) is 12.5. The molecule has 0 fully saturated rings. The van der Waals surface area contributed by atoms with Crippen LogP contribution in [0.15, 0.2) is 115 Å². The molecule has 6 rings (SSSR count). The molecule has 0 saturated carbocycles. The highest BCUT2D eigenvalue weighted by atomic mass is 28.3. The maximum Gasteiger partial charge on any atom is 0.180 e. The minimum Gasteiger partial charge on any atom is -0.0623 e. The Balaban J connectivity index is 1.82. The van der Waals surface area contributed by atoms with E-state index in [0.717, 1.165) is 0 Å². The third-order valence-electron chi connectivity index (χ3n) is 6.57. The fourth-order valence-corrected chi connectivity index (χ4v) is 10.5. The monoisotopic (exact) mass is 398 g/mol. The van der Waals surface area contributed by atoms with Crippen LogP contribution in [0.5, 0.6) is 0 Å². The van der Waals surface area contributed by atoms with Crippen molar-refractivity contribution in [1.29, 1.82) is 0 Å². The first-order valence-electron chi connectivity index (χ1n) is 10.5. The summed E-state index contributed by atoms with van der Waals surface area (Å²) in [5.74, 6) is 0. The minimum absolute atomic E-state index is 1.31. The molecule has 0 saturated heterocycles. The van der Waals surface area contributed by atoms with Crippen molar-refractivity contribution in [2.45, 2.75) is 6.92 Å². The Bertz CT molecular complexity index is 1350. The summed E-state index contributed by atoms with van der Waals surface area (Å²) >= 11 is 0. The van der Waals surface area contributed by atoms with E-state index < -0.39 is 8.07 Å². The van der Waals surface area contributed by atoms with Gasteiger partial charge in [-0.2, -0.15) is 0 Å². The van der Waals surface area contributed by atoms with Crippen LogP contribution in [0.4, 0.5) is 0 Å². The molecule has 5 aromatic carbocycles. The van der Waals surface area contributed by atoms with E-state index in [1.807, 2.05) is 0 Å². The van der Waals surface area contributed by atoms with Crippen molar-refractivity contribution in [1.82, 2.24) is 0 Å². The summed E-state index contributed by atoms with van der Waals surface area (Å²) in [5.41, 5.74) is 4.11. The first-order chi connectivity index (χ1) is 14.8. The number of benzene rings is 5. The lowest BCUT2D eigenvalue weighted by atomic mass is 10.0. The molecule has 0 amide bonds. The third-order valence-corrected chi connectivity index (χ3v) is 11.4. The molecule has 1 heterocycles. The molecule has 0 aromatic heterocycles. The van der Waals surface area contributed by atoms with Crippen LogP contribution in [-0.2, 0) is 0 Å². The highest BCUT2D eigenvalue weighted by Gasteiger charge is 2.48. The van der Waals surface area contributed by atoms with Crippen LogP contribution < -0.4 is 20.7 Å². The predicted octanol–water partition coefficient (Wildman–Crippen LogP) is 4.51. The van der Waals surface area contributed by atoms with Crippen LogP contribution in [0.3, 0.4) is 0 Å². The average Bonchev–Trinajstić information content (AvgIpc) is 3.09. The van der Waals surface area contributed by atoms with E-state index in [-0.39, 0.29) is 0 Å². The Morgan fingerprint density at radius 1 is 0.467 bits per heavy atom. The molecule has 142 valence electrons. The Hall–Kier alpha value is -3.42. The standard InChI is InChI=1S/C29H22Si/c1-21-16-17-22-20-29-27(19-23(22)18-21)26-14-8-9-15-28(26)30(29,24-10-4-2-5-11-24)25-12-6-3-7-13-25/h2-20H,1H3. The van der Waals surface area contributed by atoms with Crippen molar-refractivity contribution >= 4 is 39.6 Å². The summed E-state index contributed by atoms with van der Waals surface area (Å²) in [4.78, 5) is 0. The summed E-state index contributed by atoms with van der Waals surface area (Å²) < 4.78 is 0. The second kappa shape index (κ2) is 6.55. The Labute approximate surface area is 178 Å². The van der Waals surface area contributed by atoms with E-state index in [2.05, 4.69) is 122 Å². The molecule has 0 unspecified atom stereocenters. The van der Waals surface area contributed by atoms with Gasteiger partial charge in [-0.1, -0.05) is 115 Å². The number of hydrogen-bond acceptors (Lipinski definition) is 0. The van der Waals surface area contributed by atoms with E-state index in [1.54, 1.807) is 0 Å². The van der Waals surface area contributed by atoms with Crippen molar-refractivity contribution in [3.8, 4) is 11.1 Å². The fourth-order valence-electron chi connectivity index (χ4n) is 5.31. The summed E-state index contributed by atoms with van der Waals surface area (Å²) in [6.07, 6.45) is 0. The maximum atomic E-state index is 2.48. The van der Waals surface area contributed by atoms with Gasteiger partial charge in [0.05, 0.1) is 0 Å². The molecule has 0 nitrogen and oxygen atoms in total. The Kier molecular flexibility index (Phi) is 3.81. The normalized spacial score (nSPS) is 13.8. The second-order valence-electron chi connectivity index (χ2n) is 8.28. The lowest BCUT2D eigenvalue weighted by Crippen LogP contribution is -2.72. The topological polar surface area (TPSA) is 0 Å². The Morgan fingerprint density at radius 2 is 1.10 bits per heavy atom. The zero-order chi connectivity index (χ0) is 20.1. The van der Waals surface area contributed by atoms with Crippen LogP contribution in [0.25, 0.3) is 21.9 Å². The molecule has 1 heteroatoms. The zero-order valence-electron chi connectivity index (χ0n) is 17.0. The summed E-state index contributed by atoms with van der Waals surface area (Å²) in [6, 6.07) is 43.2. The zero-order valence-corrected chi connectivity index (χ0v) is 18.0. The van der Waals surface area contributed by atoms with Gasteiger partial charge in [-0.15, -0.1) is 0 Å². The molecule has 1 aliphatic rings. The molecule has 1 aliphatic heterocycles. The van der Waals surface area contributed by atoms with E-state index in [1.165, 1.54) is 48.2 Å². The highest BCUT2D eigenvalue weighted by Crippen LogP contribution is 2.31. The average molecular weight is 399 g/mol. The van der Waals surface area contributed by atoms with Crippen molar-refractivity contribution in [2.24, 2.45) is 0 Å². The highest BCUT2D eigenvalue weighted by molar-refractivity contribution is 7.22. The molecular weight excluding hydrogens is 376 g/mol. The van der Waals surface area contributed by atoms with Gasteiger partial charge in [0.15, 0.2) is 8.07 Å². The third kappa shape index (κ3) is 2.33. The summed E-state index contributed by atoms with van der Waals surface area (Å²) in [5, 5.41) is 8.58. The van der Waals surface area contributed by atoms with Crippen LogP contribution in [0.1, 0.15) is 5.56 Å². The van der Waals surface area contributed by atoms with Gasteiger partial charge in [-0.25, -0.2) is 0 Å². The largest absolute Gasteiger partial charge is 0.180 e. The summed E-state index contributed by atoms with van der Waals surface area (Å²) in [7, 11) is -2.36.